The zero-order valence-corrected chi connectivity index (χ0v) is 10.5. The second-order valence-electron chi connectivity index (χ2n) is 4.11. The average Bonchev–Trinajstić information content (AvgIpc) is 2.73. The van der Waals surface area contributed by atoms with Crippen molar-refractivity contribution in [2.75, 3.05) is 0 Å². The summed E-state index contributed by atoms with van der Waals surface area (Å²) >= 11 is 4.13. The lowest BCUT2D eigenvalue weighted by atomic mass is 10.1. The van der Waals surface area contributed by atoms with Crippen molar-refractivity contribution < 1.29 is 5.11 Å². The van der Waals surface area contributed by atoms with Gasteiger partial charge >= 0.3 is 0 Å². The van der Waals surface area contributed by atoms with Gasteiger partial charge < -0.3 is 10.1 Å². The number of H-pyrrole nitrogens is 1. The van der Waals surface area contributed by atoms with Gasteiger partial charge in [0.2, 0.25) is 0 Å². The number of benzene rings is 1. The number of aryl methyl sites for hydroxylation is 2. The molecule has 2 rings (SSSR count). The molecule has 0 saturated heterocycles. The van der Waals surface area contributed by atoms with Gasteiger partial charge in [0.05, 0.1) is 0 Å². The third-order valence-electron chi connectivity index (χ3n) is 2.71. The van der Waals surface area contributed by atoms with E-state index in [1.807, 2.05) is 18.3 Å². The Balaban J connectivity index is 1.71. The summed E-state index contributed by atoms with van der Waals surface area (Å²) in [4.78, 5) is 7.15. The Bertz CT molecular complexity index is 465. The van der Waals surface area contributed by atoms with E-state index in [9.17, 15) is 0 Å². The first-order valence-electron chi connectivity index (χ1n) is 5.75. The van der Waals surface area contributed by atoms with E-state index >= 15 is 0 Å². The number of phenolic OH excluding ortho intramolecular Hbond substituents is 1. The van der Waals surface area contributed by atoms with Crippen molar-refractivity contribution in [1.82, 2.24) is 9.97 Å². The van der Waals surface area contributed by atoms with Crippen molar-refractivity contribution in [3.05, 3.63) is 41.7 Å². The summed E-state index contributed by atoms with van der Waals surface area (Å²) in [7, 11) is 0. The van der Waals surface area contributed by atoms with E-state index in [1.165, 1.54) is 5.56 Å². The quantitative estimate of drug-likeness (QED) is 0.563. The van der Waals surface area contributed by atoms with Crippen LogP contribution in [0.15, 0.2) is 35.6 Å². The van der Waals surface area contributed by atoms with Gasteiger partial charge in [-0.2, -0.15) is 0 Å². The number of aromatic nitrogens is 2. The maximum atomic E-state index is 9.16. The van der Waals surface area contributed by atoms with Gasteiger partial charge in [-0.25, -0.2) is 4.98 Å². The summed E-state index contributed by atoms with van der Waals surface area (Å²) in [6.45, 7) is 0. The fourth-order valence-electron chi connectivity index (χ4n) is 1.78. The fraction of sp³-hybridized carbons (Fsp3) is 0.308. The van der Waals surface area contributed by atoms with E-state index in [-0.39, 0.29) is 0 Å². The maximum Gasteiger partial charge on any atom is 0.162 e. The van der Waals surface area contributed by atoms with Crippen LogP contribution in [0, 0.1) is 0 Å². The van der Waals surface area contributed by atoms with E-state index in [0.29, 0.717) is 10.9 Å². The van der Waals surface area contributed by atoms with E-state index in [4.69, 9.17) is 5.11 Å². The van der Waals surface area contributed by atoms with Crippen LogP contribution in [0.1, 0.15) is 24.1 Å². The fourth-order valence-corrected chi connectivity index (χ4v) is 1.98. The van der Waals surface area contributed by atoms with Crippen LogP contribution < -0.4 is 0 Å². The van der Waals surface area contributed by atoms with E-state index in [1.54, 1.807) is 12.1 Å². The summed E-state index contributed by atoms with van der Waals surface area (Å²) in [5.41, 5.74) is 2.41. The predicted molar refractivity (Wildman–Crippen MR) is 70.6 cm³/mol. The maximum absolute atomic E-state index is 9.16. The lowest BCUT2D eigenvalue weighted by Crippen LogP contribution is -1.89. The minimum atomic E-state index is 0.326. The normalized spacial score (nSPS) is 10.6. The van der Waals surface area contributed by atoms with Crippen molar-refractivity contribution in [3.8, 4) is 5.75 Å². The summed E-state index contributed by atoms with van der Waals surface area (Å²) in [5.74, 6) is 0.326. The number of phenols is 1. The molecular formula is C13H16N2OS. The van der Waals surface area contributed by atoms with Crippen LogP contribution in [0.2, 0.25) is 0 Å². The number of unbranched alkanes of at least 4 members (excludes halogenated alkanes) is 1. The highest BCUT2D eigenvalue weighted by atomic mass is 32.1. The molecule has 0 radical (unpaired) electrons. The largest absolute Gasteiger partial charge is 0.508 e. The minimum absolute atomic E-state index is 0.326. The Morgan fingerprint density at radius 1 is 1.12 bits per heavy atom. The second kappa shape index (κ2) is 5.77. The molecule has 3 nitrogen and oxygen atoms in total. The Kier molecular flexibility index (Phi) is 4.09. The minimum Gasteiger partial charge on any atom is -0.508 e. The second-order valence-corrected chi connectivity index (χ2v) is 4.53. The highest BCUT2D eigenvalue weighted by Crippen LogP contribution is 2.13. The van der Waals surface area contributed by atoms with Crippen LogP contribution in [0.5, 0.6) is 5.75 Å². The van der Waals surface area contributed by atoms with Gasteiger partial charge in [0.1, 0.15) is 5.75 Å². The number of aromatic hydroxyl groups is 1. The first kappa shape index (κ1) is 12.0. The molecule has 1 aromatic carbocycles. The lowest BCUT2D eigenvalue weighted by Gasteiger charge is -2.01. The smallest absolute Gasteiger partial charge is 0.162 e. The van der Waals surface area contributed by atoms with Crippen LogP contribution in [0.25, 0.3) is 0 Å². The van der Waals surface area contributed by atoms with Crippen molar-refractivity contribution >= 4 is 12.6 Å². The Morgan fingerprint density at radius 3 is 2.47 bits per heavy atom. The molecule has 0 spiro atoms. The van der Waals surface area contributed by atoms with Crippen LogP contribution in [-0.4, -0.2) is 15.1 Å². The predicted octanol–water partition coefficient (Wildman–Crippen LogP) is 2.97. The molecule has 0 fully saturated rings. The Labute approximate surface area is 106 Å². The molecule has 1 heterocycles. The van der Waals surface area contributed by atoms with Gasteiger partial charge in [-0.3, -0.25) is 0 Å². The molecule has 0 aliphatic heterocycles. The number of rotatable bonds is 5. The number of hydrogen-bond acceptors (Lipinski definition) is 3. The van der Waals surface area contributed by atoms with Crippen LogP contribution in [0.4, 0.5) is 0 Å². The molecule has 0 saturated carbocycles. The molecule has 0 amide bonds. The van der Waals surface area contributed by atoms with Gasteiger partial charge in [0.15, 0.2) is 5.16 Å². The van der Waals surface area contributed by atoms with E-state index in [2.05, 4.69) is 22.6 Å². The summed E-state index contributed by atoms with van der Waals surface area (Å²) in [5, 5.41) is 9.84. The number of nitrogens with one attached hydrogen (secondary N) is 1. The number of nitrogens with zero attached hydrogens (tertiary/aromatic N) is 1. The molecule has 0 bridgehead atoms. The zero-order valence-electron chi connectivity index (χ0n) is 9.56. The monoisotopic (exact) mass is 248 g/mol. The molecule has 0 aliphatic rings. The Hall–Kier alpha value is -1.42. The van der Waals surface area contributed by atoms with Crippen LogP contribution >= 0.6 is 12.6 Å². The topological polar surface area (TPSA) is 48.9 Å². The third kappa shape index (κ3) is 3.82. The molecule has 2 aromatic rings. The van der Waals surface area contributed by atoms with Crippen LogP contribution in [-0.2, 0) is 12.8 Å². The molecular weight excluding hydrogens is 232 g/mol. The van der Waals surface area contributed by atoms with Gasteiger partial charge in [-0.05, 0) is 43.4 Å². The number of aromatic amines is 1. The molecule has 90 valence electrons. The summed E-state index contributed by atoms with van der Waals surface area (Å²) < 4.78 is 0. The van der Waals surface area contributed by atoms with Crippen molar-refractivity contribution in [2.24, 2.45) is 0 Å². The molecule has 0 unspecified atom stereocenters. The molecule has 0 atom stereocenters. The number of imidazole rings is 1. The van der Waals surface area contributed by atoms with Gasteiger partial charge in [-0.15, -0.1) is 12.6 Å². The van der Waals surface area contributed by atoms with Gasteiger partial charge in [0, 0.05) is 11.9 Å². The zero-order chi connectivity index (χ0) is 12.1. The molecule has 0 aliphatic carbocycles. The third-order valence-corrected chi connectivity index (χ3v) is 2.94. The molecule has 1 aromatic heterocycles. The van der Waals surface area contributed by atoms with Crippen molar-refractivity contribution in [3.63, 3.8) is 0 Å². The molecule has 2 N–H and O–H groups in total. The lowest BCUT2D eigenvalue weighted by molar-refractivity contribution is 0.475. The number of thiol groups is 1. The molecule has 17 heavy (non-hydrogen) atoms. The van der Waals surface area contributed by atoms with Crippen molar-refractivity contribution in [1.29, 1.82) is 0 Å². The summed E-state index contributed by atoms with van der Waals surface area (Å²) in [6.07, 6.45) is 6.14. The standard InChI is InChI=1S/C13H16N2OS/c16-12-7-5-10(6-8-12)3-1-2-4-11-9-14-13(17)15-11/h5-9,16H,1-4H2,(H2,14,15,17). The molecule has 4 heteroatoms. The summed E-state index contributed by atoms with van der Waals surface area (Å²) in [6, 6.07) is 7.41. The first-order valence-corrected chi connectivity index (χ1v) is 6.19. The van der Waals surface area contributed by atoms with Gasteiger partial charge in [-0.1, -0.05) is 12.1 Å². The average molecular weight is 248 g/mol. The van der Waals surface area contributed by atoms with Crippen LogP contribution in [0.3, 0.4) is 0 Å². The van der Waals surface area contributed by atoms with Crippen molar-refractivity contribution in [2.45, 2.75) is 30.8 Å². The van der Waals surface area contributed by atoms with Gasteiger partial charge in [0.25, 0.3) is 0 Å². The highest BCUT2D eigenvalue weighted by molar-refractivity contribution is 7.80. The Morgan fingerprint density at radius 2 is 1.82 bits per heavy atom. The van der Waals surface area contributed by atoms with E-state index < -0.39 is 0 Å². The SMILES string of the molecule is Oc1ccc(CCCCc2cnc(S)[nH]2)cc1. The first-order chi connectivity index (χ1) is 8.24. The van der Waals surface area contributed by atoms with E-state index in [0.717, 1.165) is 31.4 Å². The number of hydrogen-bond donors (Lipinski definition) is 3. The highest BCUT2D eigenvalue weighted by Gasteiger charge is 1.98.